The molecule has 0 spiro atoms. The van der Waals surface area contributed by atoms with Crippen molar-refractivity contribution in [2.75, 3.05) is 0 Å². The van der Waals surface area contributed by atoms with Crippen LogP contribution in [0.1, 0.15) is 30.8 Å². The molecule has 2 aromatic rings. The van der Waals surface area contributed by atoms with Crippen molar-refractivity contribution < 1.29 is 5.11 Å². The van der Waals surface area contributed by atoms with Crippen LogP contribution < -0.4 is 0 Å². The van der Waals surface area contributed by atoms with Crippen molar-refractivity contribution in [3.05, 3.63) is 50.7 Å². The summed E-state index contributed by atoms with van der Waals surface area (Å²) >= 11 is 9.59. The van der Waals surface area contributed by atoms with Gasteiger partial charge in [0.15, 0.2) is 0 Å². The van der Waals surface area contributed by atoms with E-state index >= 15 is 0 Å². The molecule has 0 aliphatic carbocycles. The van der Waals surface area contributed by atoms with Crippen LogP contribution >= 0.6 is 27.5 Å². The zero-order chi connectivity index (χ0) is 14.9. The average molecular weight is 358 g/mol. The summed E-state index contributed by atoms with van der Waals surface area (Å²) in [4.78, 5) is 0. The fraction of sp³-hybridized carbons (Fsp3) is 0.400. The first-order valence-corrected chi connectivity index (χ1v) is 7.71. The lowest BCUT2D eigenvalue weighted by Crippen LogP contribution is -2.25. The van der Waals surface area contributed by atoms with Crippen molar-refractivity contribution in [1.82, 2.24) is 9.78 Å². The smallest absolute Gasteiger partial charge is 0.0924 e. The van der Waals surface area contributed by atoms with Crippen molar-refractivity contribution in [2.24, 2.45) is 7.05 Å². The van der Waals surface area contributed by atoms with Crippen LogP contribution in [0.2, 0.25) is 5.02 Å². The third-order valence-corrected chi connectivity index (χ3v) is 4.61. The van der Waals surface area contributed by atoms with Crippen LogP contribution in [-0.4, -0.2) is 14.9 Å². The Kier molecular flexibility index (Phi) is 4.57. The van der Waals surface area contributed by atoms with Gasteiger partial charge in [-0.05, 0) is 47.0 Å². The molecule has 2 rings (SSSR count). The van der Waals surface area contributed by atoms with Gasteiger partial charge in [-0.2, -0.15) is 5.10 Å². The summed E-state index contributed by atoms with van der Waals surface area (Å²) in [5, 5.41) is 15.9. The first-order valence-electron chi connectivity index (χ1n) is 6.54. The molecular weight excluding hydrogens is 340 g/mol. The number of aryl methyl sites for hydroxylation is 2. The molecule has 0 saturated heterocycles. The molecular formula is C15H18BrClN2O. The SMILES string of the molecule is CCc1nn(C)c(CC(C)(O)c2cccc(Cl)c2)c1Br. The van der Waals surface area contributed by atoms with Crippen LogP contribution in [0.25, 0.3) is 0 Å². The Morgan fingerprint density at radius 2 is 2.15 bits per heavy atom. The number of hydrogen-bond donors (Lipinski definition) is 1. The van der Waals surface area contributed by atoms with Gasteiger partial charge in [0.05, 0.1) is 21.5 Å². The van der Waals surface area contributed by atoms with E-state index in [2.05, 4.69) is 28.0 Å². The molecule has 1 heterocycles. The van der Waals surface area contributed by atoms with Gasteiger partial charge in [0, 0.05) is 18.5 Å². The number of hydrogen-bond acceptors (Lipinski definition) is 2. The van der Waals surface area contributed by atoms with Gasteiger partial charge in [-0.3, -0.25) is 4.68 Å². The van der Waals surface area contributed by atoms with Gasteiger partial charge in [-0.25, -0.2) is 0 Å². The molecule has 0 aliphatic rings. The monoisotopic (exact) mass is 356 g/mol. The Morgan fingerprint density at radius 3 is 2.70 bits per heavy atom. The molecule has 0 saturated carbocycles. The van der Waals surface area contributed by atoms with Crippen LogP contribution in [0, 0.1) is 0 Å². The van der Waals surface area contributed by atoms with Crippen LogP contribution in [-0.2, 0) is 25.5 Å². The minimum atomic E-state index is -0.994. The summed E-state index contributed by atoms with van der Waals surface area (Å²) < 4.78 is 2.80. The number of benzene rings is 1. The largest absolute Gasteiger partial charge is 0.385 e. The minimum Gasteiger partial charge on any atom is -0.385 e. The van der Waals surface area contributed by atoms with Crippen LogP contribution in [0.3, 0.4) is 0 Å². The molecule has 1 aromatic carbocycles. The summed E-state index contributed by atoms with van der Waals surface area (Å²) in [5.41, 5.74) is 1.79. The molecule has 1 aromatic heterocycles. The highest BCUT2D eigenvalue weighted by molar-refractivity contribution is 9.10. The van der Waals surface area contributed by atoms with E-state index in [9.17, 15) is 5.11 Å². The molecule has 108 valence electrons. The van der Waals surface area contributed by atoms with Gasteiger partial charge in [-0.1, -0.05) is 30.7 Å². The summed E-state index contributed by atoms with van der Waals surface area (Å²) in [5.74, 6) is 0. The molecule has 0 bridgehead atoms. The highest BCUT2D eigenvalue weighted by Gasteiger charge is 2.27. The van der Waals surface area contributed by atoms with Crippen LogP contribution in [0.4, 0.5) is 0 Å². The molecule has 5 heteroatoms. The second-order valence-electron chi connectivity index (χ2n) is 5.15. The van der Waals surface area contributed by atoms with Crippen molar-refractivity contribution in [3.63, 3.8) is 0 Å². The lowest BCUT2D eigenvalue weighted by molar-refractivity contribution is 0.0554. The topological polar surface area (TPSA) is 38.0 Å². The molecule has 1 unspecified atom stereocenters. The molecule has 0 aliphatic heterocycles. The summed E-state index contributed by atoms with van der Waals surface area (Å²) in [6.07, 6.45) is 1.32. The summed E-state index contributed by atoms with van der Waals surface area (Å²) in [6, 6.07) is 7.33. The van der Waals surface area contributed by atoms with Crippen LogP contribution in [0.5, 0.6) is 0 Å². The van der Waals surface area contributed by atoms with E-state index in [1.807, 2.05) is 23.9 Å². The lowest BCUT2D eigenvalue weighted by atomic mass is 9.91. The van der Waals surface area contributed by atoms with E-state index in [1.165, 1.54) is 0 Å². The van der Waals surface area contributed by atoms with Gasteiger partial charge < -0.3 is 5.11 Å². The Hall–Kier alpha value is -0.840. The van der Waals surface area contributed by atoms with Gasteiger partial charge >= 0.3 is 0 Å². The maximum atomic E-state index is 10.8. The number of rotatable bonds is 4. The normalized spacial score (nSPS) is 14.3. The Morgan fingerprint density at radius 1 is 1.45 bits per heavy atom. The van der Waals surface area contributed by atoms with E-state index in [-0.39, 0.29) is 0 Å². The molecule has 0 radical (unpaired) electrons. The first kappa shape index (κ1) is 15.5. The molecule has 0 amide bonds. The maximum Gasteiger partial charge on any atom is 0.0924 e. The summed E-state index contributed by atoms with van der Waals surface area (Å²) in [6.45, 7) is 3.86. The third-order valence-electron chi connectivity index (χ3n) is 3.46. The van der Waals surface area contributed by atoms with Crippen molar-refractivity contribution in [1.29, 1.82) is 0 Å². The van der Waals surface area contributed by atoms with Gasteiger partial charge in [0.2, 0.25) is 0 Å². The van der Waals surface area contributed by atoms with E-state index in [0.717, 1.165) is 27.8 Å². The minimum absolute atomic E-state index is 0.470. The zero-order valence-electron chi connectivity index (χ0n) is 11.8. The van der Waals surface area contributed by atoms with Gasteiger partial charge in [-0.15, -0.1) is 0 Å². The highest BCUT2D eigenvalue weighted by atomic mass is 79.9. The predicted octanol–water partition coefficient (Wildman–Crippen LogP) is 3.85. The van der Waals surface area contributed by atoms with E-state index in [4.69, 9.17) is 11.6 Å². The standard InChI is InChI=1S/C15H18BrClN2O/c1-4-12-14(16)13(19(3)18-12)9-15(2,20)10-6-5-7-11(17)8-10/h5-8,20H,4,9H2,1-3H3. The van der Waals surface area contributed by atoms with Crippen molar-refractivity contribution in [3.8, 4) is 0 Å². The Bertz CT molecular complexity index is 622. The molecule has 0 fully saturated rings. The number of nitrogens with zero attached hydrogens (tertiary/aromatic N) is 2. The third kappa shape index (κ3) is 3.08. The average Bonchev–Trinajstić information content (AvgIpc) is 2.66. The fourth-order valence-electron chi connectivity index (χ4n) is 2.26. The predicted molar refractivity (Wildman–Crippen MR) is 85.0 cm³/mol. The quantitative estimate of drug-likeness (QED) is 0.902. The van der Waals surface area contributed by atoms with Crippen LogP contribution in [0.15, 0.2) is 28.7 Å². The fourth-order valence-corrected chi connectivity index (χ4v) is 3.21. The highest BCUT2D eigenvalue weighted by Crippen LogP contribution is 2.31. The maximum absolute atomic E-state index is 10.8. The zero-order valence-corrected chi connectivity index (χ0v) is 14.2. The lowest BCUT2D eigenvalue weighted by Gasteiger charge is -2.24. The second-order valence-corrected chi connectivity index (χ2v) is 6.37. The molecule has 3 nitrogen and oxygen atoms in total. The number of aliphatic hydroxyl groups is 1. The van der Waals surface area contributed by atoms with E-state index in [1.54, 1.807) is 19.1 Å². The van der Waals surface area contributed by atoms with Gasteiger partial charge in [0.25, 0.3) is 0 Å². The van der Waals surface area contributed by atoms with E-state index in [0.29, 0.717) is 11.4 Å². The van der Waals surface area contributed by atoms with E-state index < -0.39 is 5.60 Å². The first-order chi connectivity index (χ1) is 9.35. The number of aromatic nitrogens is 2. The Balaban J connectivity index is 2.35. The Labute approximate surface area is 132 Å². The molecule has 20 heavy (non-hydrogen) atoms. The number of halogens is 2. The van der Waals surface area contributed by atoms with Gasteiger partial charge in [0.1, 0.15) is 0 Å². The van der Waals surface area contributed by atoms with Crippen molar-refractivity contribution >= 4 is 27.5 Å². The summed E-state index contributed by atoms with van der Waals surface area (Å²) in [7, 11) is 1.90. The molecule has 1 atom stereocenters. The second kappa shape index (κ2) is 5.88. The molecule has 1 N–H and O–H groups in total. The van der Waals surface area contributed by atoms with Crippen molar-refractivity contribution in [2.45, 2.75) is 32.3 Å².